The van der Waals surface area contributed by atoms with Gasteiger partial charge in [-0.1, -0.05) is 0 Å². The Kier molecular flexibility index (Phi) is 8.67. The Bertz CT molecular complexity index is 1150. The lowest BCUT2D eigenvalue weighted by Gasteiger charge is -2.41. The number of hydrogen-bond acceptors (Lipinski definition) is 7. The molecule has 4 rings (SSSR count). The Balaban J connectivity index is 1.48. The van der Waals surface area contributed by atoms with Crippen LogP contribution in [0.4, 0.5) is 0 Å². The van der Waals surface area contributed by atoms with E-state index in [4.69, 9.17) is 9.47 Å². The maximum Gasteiger partial charge on any atom is 0.326 e. The number of ether oxygens (including phenoxy) is 2. The minimum absolute atomic E-state index is 0.213. The first-order valence-electron chi connectivity index (χ1n) is 13.7. The first kappa shape index (κ1) is 29.3. The van der Waals surface area contributed by atoms with Crippen molar-refractivity contribution in [2.24, 2.45) is 0 Å². The van der Waals surface area contributed by atoms with Gasteiger partial charge in [0.2, 0.25) is 17.7 Å². The van der Waals surface area contributed by atoms with Crippen molar-refractivity contribution in [3.05, 3.63) is 29.8 Å². The van der Waals surface area contributed by atoms with E-state index in [1.54, 1.807) is 38.1 Å². The van der Waals surface area contributed by atoms with Gasteiger partial charge in [0.25, 0.3) is 5.91 Å². The number of nitrogens with zero attached hydrogens (tertiary/aromatic N) is 2. The minimum atomic E-state index is -1.31. The summed E-state index contributed by atoms with van der Waals surface area (Å²) in [6.07, 6.45) is 2.36. The summed E-state index contributed by atoms with van der Waals surface area (Å²) in [6, 6.07) is 4.74. The lowest BCUT2D eigenvalue weighted by molar-refractivity contribution is -0.155. The van der Waals surface area contributed by atoms with E-state index in [2.05, 4.69) is 10.6 Å². The summed E-state index contributed by atoms with van der Waals surface area (Å²) >= 11 is 0. The molecule has 0 radical (unpaired) electrons. The predicted molar refractivity (Wildman–Crippen MR) is 143 cm³/mol. The van der Waals surface area contributed by atoms with Crippen molar-refractivity contribution in [1.82, 2.24) is 20.4 Å². The van der Waals surface area contributed by atoms with Gasteiger partial charge >= 0.3 is 5.97 Å². The summed E-state index contributed by atoms with van der Waals surface area (Å²) in [6.45, 7) is 4.31. The number of benzene rings is 1. The summed E-state index contributed by atoms with van der Waals surface area (Å²) < 4.78 is 10.6. The van der Waals surface area contributed by atoms with Gasteiger partial charge in [-0.3, -0.25) is 19.2 Å². The van der Waals surface area contributed by atoms with E-state index in [0.29, 0.717) is 50.1 Å². The van der Waals surface area contributed by atoms with E-state index in [1.807, 2.05) is 0 Å². The average Bonchev–Trinajstić information content (AvgIpc) is 3.63. The Morgan fingerprint density at radius 3 is 2.17 bits per heavy atom. The topological polar surface area (TPSA) is 155 Å². The van der Waals surface area contributed by atoms with Gasteiger partial charge in [-0.25, -0.2) is 4.79 Å². The molecule has 2 atom stereocenters. The highest BCUT2D eigenvalue weighted by atomic mass is 16.5. The molecule has 40 heavy (non-hydrogen) atoms. The predicted octanol–water partition coefficient (Wildman–Crippen LogP) is 0.936. The average molecular weight is 559 g/mol. The fraction of sp³-hybridized carbons (Fsp3) is 0.607. The minimum Gasteiger partial charge on any atom is -0.497 e. The maximum atomic E-state index is 13.7. The molecular formula is C28H38N4O8. The number of carbonyl (C=O) groups excluding carboxylic acids is 4. The molecule has 3 fully saturated rings. The van der Waals surface area contributed by atoms with Gasteiger partial charge in [0, 0.05) is 44.7 Å². The van der Waals surface area contributed by atoms with Crippen molar-refractivity contribution >= 4 is 29.6 Å². The van der Waals surface area contributed by atoms with E-state index < -0.39 is 52.8 Å². The number of carboxylic acids is 1. The zero-order valence-electron chi connectivity index (χ0n) is 23.2. The van der Waals surface area contributed by atoms with Crippen LogP contribution in [0.5, 0.6) is 5.75 Å². The van der Waals surface area contributed by atoms with Crippen molar-refractivity contribution in [1.29, 1.82) is 0 Å². The molecule has 12 heteroatoms. The third-order valence-corrected chi connectivity index (χ3v) is 8.05. The molecule has 1 aromatic carbocycles. The van der Waals surface area contributed by atoms with Crippen LogP contribution in [0.25, 0.3) is 0 Å². The summed E-state index contributed by atoms with van der Waals surface area (Å²) in [5.74, 6) is -2.20. The number of methoxy groups -OCH3 is 1. The van der Waals surface area contributed by atoms with Crippen molar-refractivity contribution in [2.45, 2.75) is 75.5 Å². The Labute approximate surface area is 233 Å². The first-order chi connectivity index (χ1) is 19.0. The molecule has 12 nitrogen and oxygen atoms in total. The highest BCUT2D eigenvalue weighted by Crippen LogP contribution is 2.30. The van der Waals surface area contributed by atoms with Gasteiger partial charge in [0.05, 0.1) is 7.11 Å². The molecule has 3 heterocycles. The van der Waals surface area contributed by atoms with Crippen LogP contribution in [-0.4, -0.2) is 101 Å². The van der Waals surface area contributed by atoms with Gasteiger partial charge in [-0.05, 0) is 63.8 Å². The summed E-state index contributed by atoms with van der Waals surface area (Å²) in [5.41, 5.74) is -2.25. The summed E-state index contributed by atoms with van der Waals surface area (Å²) in [5, 5.41) is 15.3. The quantitative estimate of drug-likeness (QED) is 0.426. The van der Waals surface area contributed by atoms with Crippen LogP contribution in [-0.2, 0) is 23.9 Å². The van der Waals surface area contributed by atoms with Crippen LogP contribution < -0.4 is 15.4 Å². The van der Waals surface area contributed by atoms with Crippen LogP contribution in [0, 0.1) is 0 Å². The molecule has 3 aliphatic rings. The van der Waals surface area contributed by atoms with E-state index in [0.717, 1.165) is 0 Å². The molecule has 3 aliphatic heterocycles. The van der Waals surface area contributed by atoms with Crippen LogP contribution in [0.3, 0.4) is 0 Å². The van der Waals surface area contributed by atoms with Crippen LogP contribution >= 0.6 is 0 Å². The summed E-state index contributed by atoms with van der Waals surface area (Å²) in [7, 11) is 1.53. The number of aliphatic carboxylic acids is 1. The molecule has 4 amide bonds. The molecular weight excluding hydrogens is 520 g/mol. The third kappa shape index (κ3) is 5.91. The fourth-order valence-electron chi connectivity index (χ4n) is 5.77. The molecule has 3 saturated heterocycles. The number of rotatable bonds is 8. The maximum absolute atomic E-state index is 13.7. The van der Waals surface area contributed by atoms with E-state index in [1.165, 1.54) is 16.9 Å². The molecule has 0 spiro atoms. The lowest BCUT2D eigenvalue weighted by Crippen LogP contribution is -2.66. The third-order valence-electron chi connectivity index (χ3n) is 8.05. The number of hydrogen-bond donors (Lipinski definition) is 3. The Morgan fingerprint density at radius 2 is 1.57 bits per heavy atom. The molecule has 0 aromatic heterocycles. The second-order valence-electron chi connectivity index (χ2n) is 11.1. The first-order valence-corrected chi connectivity index (χ1v) is 13.7. The molecule has 1 aromatic rings. The molecule has 0 aliphatic carbocycles. The number of carboxylic acid groups (broad SMARTS) is 1. The van der Waals surface area contributed by atoms with E-state index >= 15 is 0 Å². The second-order valence-corrected chi connectivity index (χ2v) is 11.1. The Hall–Kier alpha value is -3.67. The lowest BCUT2D eigenvalue weighted by atomic mass is 9.87. The SMILES string of the molecule is COc1ccc(C(=O)NC(C)(C)C(=O)N2CCC[C@H]2C(=O)NC2(C(=O)N3CCC[C@H]3C(=O)O)CCOCC2)cc1. The zero-order chi connectivity index (χ0) is 29.1. The molecule has 0 unspecified atom stereocenters. The summed E-state index contributed by atoms with van der Waals surface area (Å²) in [4.78, 5) is 68.5. The zero-order valence-corrected chi connectivity index (χ0v) is 23.2. The highest BCUT2D eigenvalue weighted by Gasteiger charge is 2.50. The molecule has 218 valence electrons. The number of carbonyl (C=O) groups is 5. The van der Waals surface area contributed by atoms with Crippen LogP contribution in [0.15, 0.2) is 24.3 Å². The molecule has 3 N–H and O–H groups in total. The smallest absolute Gasteiger partial charge is 0.326 e. The second kappa shape index (κ2) is 11.8. The van der Waals surface area contributed by atoms with Gasteiger partial charge in [0.15, 0.2) is 0 Å². The molecule has 0 saturated carbocycles. The Morgan fingerprint density at radius 1 is 0.975 bits per heavy atom. The van der Waals surface area contributed by atoms with E-state index in [-0.39, 0.29) is 26.1 Å². The monoisotopic (exact) mass is 558 g/mol. The van der Waals surface area contributed by atoms with Crippen molar-refractivity contribution in [3.63, 3.8) is 0 Å². The number of nitrogens with one attached hydrogen (secondary N) is 2. The van der Waals surface area contributed by atoms with Gasteiger partial charge in [-0.15, -0.1) is 0 Å². The van der Waals surface area contributed by atoms with Gasteiger partial charge in [0.1, 0.15) is 28.9 Å². The van der Waals surface area contributed by atoms with Crippen LogP contribution in [0.2, 0.25) is 0 Å². The molecule has 0 bridgehead atoms. The number of likely N-dealkylation sites (tertiary alicyclic amines) is 2. The normalized spacial score (nSPS) is 22.5. The van der Waals surface area contributed by atoms with Gasteiger partial charge in [-0.2, -0.15) is 0 Å². The van der Waals surface area contributed by atoms with Crippen molar-refractivity contribution in [2.75, 3.05) is 33.4 Å². The van der Waals surface area contributed by atoms with Crippen molar-refractivity contribution in [3.8, 4) is 5.75 Å². The van der Waals surface area contributed by atoms with Crippen molar-refractivity contribution < 1.29 is 38.6 Å². The van der Waals surface area contributed by atoms with Crippen LogP contribution in [0.1, 0.15) is 62.7 Å². The standard InChI is InChI=1S/C28H38N4O8/c1-27(2,29-22(33)18-8-10-19(39-3)11-9-18)25(37)31-14-4-6-20(31)23(34)30-28(12-16-40-17-13-28)26(38)32-15-5-7-21(32)24(35)36/h8-11,20-21H,4-7,12-17H2,1-3H3,(H,29,33)(H,30,34)(H,35,36)/t20-,21-/m0/s1. The van der Waals surface area contributed by atoms with E-state index in [9.17, 15) is 29.1 Å². The highest BCUT2D eigenvalue weighted by molar-refractivity contribution is 6.01. The fourth-order valence-corrected chi connectivity index (χ4v) is 5.77. The number of amides is 4. The largest absolute Gasteiger partial charge is 0.497 e. The van der Waals surface area contributed by atoms with Gasteiger partial charge < -0.3 is 35.0 Å².